The molecule has 1 rings (SSSR count). The summed E-state index contributed by atoms with van der Waals surface area (Å²) >= 11 is 0. The van der Waals surface area contributed by atoms with Crippen LogP contribution in [0.3, 0.4) is 0 Å². The molecule has 0 amide bonds. The monoisotopic (exact) mass is 246 g/mol. The summed E-state index contributed by atoms with van der Waals surface area (Å²) in [6.45, 7) is 8.23. The molecule has 0 unspecified atom stereocenters. The van der Waals surface area contributed by atoms with Crippen LogP contribution in [0, 0.1) is 11.6 Å². The van der Waals surface area contributed by atoms with Gasteiger partial charge in [0.05, 0.1) is 8.15 Å². The standard InChI is InChI=1S/C12H17F2OP/c1-8(2)16(9(3)4)15-12-6-10(13)5-11(14)7-12/h5-9H,1-4H3. The second-order valence-corrected chi connectivity index (χ2v) is 7.21. The summed E-state index contributed by atoms with van der Waals surface area (Å²) in [7, 11) is -0.713. The molecule has 0 fully saturated rings. The van der Waals surface area contributed by atoms with Crippen LogP contribution < -0.4 is 4.52 Å². The van der Waals surface area contributed by atoms with E-state index in [1.54, 1.807) is 0 Å². The summed E-state index contributed by atoms with van der Waals surface area (Å²) in [5, 5.41) is 0. The summed E-state index contributed by atoms with van der Waals surface area (Å²) in [6.07, 6.45) is 0. The number of hydrogen-bond acceptors (Lipinski definition) is 1. The zero-order valence-corrected chi connectivity index (χ0v) is 10.9. The van der Waals surface area contributed by atoms with Gasteiger partial charge in [0, 0.05) is 29.5 Å². The van der Waals surface area contributed by atoms with E-state index >= 15 is 0 Å². The molecule has 0 heterocycles. The molecular formula is C12H17F2OP. The molecule has 0 aliphatic heterocycles. The van der Waals surface area contributed by atoms with Gasteiger partial charge in [0.15, 0.2) is 0 Å². The normalized spacial score (nSPS) is 11.6. The van der Waals surface area contributed by atoms with Gasteiger partial charge in [-0.1, -0.05) is 27.7 Å². The van der Waals surface area contributed by atoms with Crippen LogP contribution in [0.2, 0.25) is 0 Å². The van der Waals surface area contributed by atoms with Gasteiger partial charge in [0.2, 0.25) is 0 Å². The summed E-state index contributed by atoms with van der Waals surface area (Å²) in [5.41, 5.74) is 0.725. The van der Waals surface area contributed by atoms with Crippen LogP contribution >= 0.6 is 8.15 Å². The highest BCUT2D eigenvalue weighted by Gasteiger charge is 2.20. The highest BCUT2D eigenvalue weighted by atomic mass is 31.1. The van der Waals surface area contributed by atoms with Crippen molar-refractivity contribution in [3.05, 3.63) is 29.8 Å². The van der Waals surface area contributed by atoms with E-state index in [-0.39, 0.29) is 5.75 Å². The van der Waals surface area contributed by atoms with Crippen molar-refractivity contribution in [2.24, 2.45) is 0 Å². The van der Waals surface area contributed by atoms with Crippen LogP contribution in [0.25, 0.3) is 0 Å². The van der Waals surface area contributed by atoms with Crippen molar-refractivity contribution < 1.29 is 13.3 Å². The van der Waals surface area contributed by atoms with Crippen LogP contribution in [0.1, 0.15) is 27.7 Å². The van der Waals surface area contributed by atoms with E-state index in [2.05, 4.69) is 27.7 Å². The summed E-state index contributed by atoms with van der Waals surface area (Å²) in [4.78, 5) is 0. The first-order chi connectivity index (χ1) is 7.40. The quantitative estimate of drug-likeness (QED) is 0.708. The van der Waals surface area contributed by atoms with Crippen molar-refractivity contribution in [3.8, 4) is 5.75 Å². The van der Waals surface area contributed by atoms with Crippen molar-refractivity contribution in [2.75, 3.05) is 0 Å². The van der Waals surface area contributed by atoms with Gasteiger partial charge in [0.1, 0.15) is 17.4 Å². The molecule has 4 heteroatoms. The van der Waals surface area contributed by atoms with Gasteiger partial charge in [-0.15, -0.1) is 0 Å². The fourth-order valence-corrected chi connectivity index (χ4v) is 3.47. The van der Waals surface area contributed by atoms with Crippen molar-refractivity contribution >= 4 is 8.15 Å². The number of hydrogen-bond donors (Lipinski definition) is 0. The molecule has 0 radical (unpaired) electrons. The molecule has 1 nitrogen and oxygen atoms in total. The Morgan fingerprint density at radius 2 is 1.38 bits per heavy atom. The minimum absolute atomic E-state index is 0.283. The van der Waals surface area contributed by atoms with Crippen molar-refractivity contribution in [3.63, 3.8) is 0 Å². The van der Waals surface area contributed by atoms with Gasteiger partial charge in [-0.25, -0.2) is 8.78 Å². The molecule has 1 aromatic rings. The van der Waals surface area contributed by atoms with E-state index in [0.717, 1.165) is 6.07 Å². The lowest BCUT2D eigenvalue weighted by molar-refractivity contribution is 0.544. The Kier molecular flexibility index (Phi) is 4.67. The minimum Gasteiger partial charge on any atom is -0.473 e. The Morgan fingerprint density at radius 3 is 1.75 bits per heavy atom. The topological polar surface area (TPSA) is 9.23 Å². The lowest BCUT2D eigenvalue weighted by Gasteiger charge is -2.25. The zero-order chi connectivity index (χ0) is 12.3. The van der Waals surface area contributed by atoms with E-state index < -0.39 is 19.8 Å². The molecule has 0 saturated heterocycles. The lowest BCUT2D eigenvalue weighted by atomic mass is 10.3. The Bertz CT molecular complexity index is 325. The van der Waals surface area contributed by atoms with Crippen molar-refractivity contribution in [1.29, 1.82) is 0 Å². The fourth-order valence-electron chi connectivity index (χ4n) is 1.51. The number of halogens is 2. The minimum atomic E-state index is -0.713. The van der Waals surface area contributed by atoms with Crippen LogP contribution in [-0.2, 0) is 0 Å². The molecular weight excluding hydrogens is 229 g/mol. The molecule has 16 heavy (non-hydrogen) atoms. The largest absolute Gasteiger partial charge is 0.473 e. The number of rotatable bonds is 4. The third-order valence-corrected chi connectivity index (χ3v) is 4.52. The van der Waals surface area contributed by atoms with Gasteiger partial charge in [-0.05, 0) is 0 Å². The zero-order valence-electron chi connectivity index (χ0n) is 10.00. The second-order valence-electron chi connectivity index (χ2n) is 4.24. The first-order valence-electron chi connectivity index (χ1n) is 5.32. The van der Waals surface area contributed by atoms with E-state index in [4.69, 9.17) is 4.52 Å². The Morgan fingerprint density at radius 1 is 0.938 bits per heavy atom. The molecule has 0 aliphatic carbocycles. The van der Waals surface area contributed by atoms with Gasteiger partial charge in [0.25, 0.3) is 0 Å². The SMILES string of the molecule is CC(C)P(Oc1cc(F)cc(F)c1)C(C)C. The van der Waals surface area contributed by atoms with E-state index in [0.29, 0.717) is 11.3 Å². The molecule has 0 atom stereocenters. The molecule has 0 aromatic heterocycles. The predicted molar refractivity (Wildman–Crippen MR) is 64.2 cm³/mol. The van der Waals surface area contributed by atoms with Crippen molar-refractivity contribution in [2.45, 2.75) is 39.0 Å². The maximum absolute atomic E-state index is 13.0. The average Bonchev–Trinajstić information content (AvgIpc) is 2.11. The Labute approximate surface area is 96.7 Å². The van der Waals surface area contributed by atoms with Gasteiger partial charge in [-0.2, -0.15) is 0 Å². The number of benzene rings is 1. The molecule has 0 aliphatic rings. The summed E-state index contributed by atoms with van der Waals surface area (Å²) < 4.78 is 31.6. The third kappa shape index (κ3) is 3.71. The predicted octanol–water partition coefficient (Wildman–Crippen LogP) is 4.56. The first kappa shape index (κ1) is 13.4. The Hall–Kier alpha value is -0.690. The fraction of sp³-hybridized carbons (Fsp3) is 0.500. The summed E-state index contributed by atoms with van der Waals surface area (Å²) in [5.74, 6) is -0.916. The van der Waals surface area contributed by atoms with Gasteiger partial charge >= 0.3 is 0 Å². The Balaban J connectivity index is 2.85. The van der Waals surface area contributed by atoms with E-state index in [1.165, 1.54) is 12.1 Å². The highest BCUT2D eigenvalue weighted by Crippen LogP contribution is 2.47. The van der Waals surface area contributed by atoms with Crippen LogP contribution in [0.4, 0.5) is 8.78 Å². The van der Waals surface area contributed by atoms with Crippen molar-refractivity contribution in [1.82, 2.24) is 0 Å². The summed E-state index contributed by atoms with van der Waals surface area (Å²) in [6, 6.07) is 3.30. The van der Waals surface area contributed by atoms with E-state index in [9.17, 15) is 8.78 Å². The molecule has 0 saturated carbocycles. The van der Waals surface area contributed by atoms with E-state index in [1.807, 2.05) is 0 Å². The van der Waals surface area contributed by atoms with Crippen LogP contribution in [0.15, 0.2) is 18.2 Å². The maximum atomic E-state index is 13.0. The van der Waals surface area contributed by atoms with Gasteiger partial charge in [-0.3, -0.25) is 0 Å². The smallest absolute Gasteiger partial charge is 0.129 e. The third-order valence-electron chi connectivity index (χ3n) is 2.06. The highest BCUT2D eigenvalue weighted by molar-refractivity contribution is 7.54. The molecule has 90 valence electrons. The molecule has 0 N–H and O–H groups in total. The van der Waals surface area contributed by atoms with Crippen LogP contribution in [0.5, 0.6) is 5.75 Å². The molecule has 1 aromatic carbocycles. The molecule has 0 bridgehead atoms. The first-order valence-corrected chi connectivity index (χ1v) is 6.72. The lowest BCUT2D eigenvalue weighted by Crippen LogP contribution is -2.08. The maximum Gasteiger partial charge on any atom is 0.129 e. The average molecular weight is 246 g/mol. The second kappa shape index (κ2) is 5.58. The van der Waals surface area contributed by atoms with Crippen LogP contribution in [-0.4, -0.2) is 11.3 Å². The van der Waals surface area contributed by atoms with Gasteiger partial charge < -0.3 is 4.52 Å². The molecule has 0 spiro atoms.